The summed E-state index contributed by atoms with van der Waals surface area (Å²) in [6.07, 6.45) is 9.69. The van der Waals surface area contributed by atoms with Gasteiger partial charge >= 0.3 is 0 Å². The number of carbonyl (C=O) groups is 2. The minimum atomic E-state index is -0.512. The van der Waals surface area contributed by atoms with Crippen molar-refractivity contribution in [3.63, 3.8) is 0 Å². The van der Waals surface area contributed by atoms with Crippen molar-refractivity contribution in [2.24, 2.45) is 5.41 Å². The Morgan fingerprint density at radius 3 is 2.36 bits per heavy atom. The Morgan fingerprint density at radius 1 is 0.949 bits per heavy atom. The fraction of sp³-hybridized carbons (Fsp3) is 0.406. The molecule has 2 amide bonds. The monoisotopic (exact) mass is 526 g/mol. The molecule has 0 bridgehead atoms. The van der Waals surface area contributed by atoms with Crippen molar-refractivity contribution in [2.75, 3.05) is 38.1 Å². The summed E-state index contributed by atoms with van der Waals surface area (Å²) in [6.45, 7) is 3.65. The highest BCUT2D eigenvalue weighted by Gasteiger charge is 2.39. The van der Waals surface area contributed by atoms with E-state index in [4.69, 9.17) is 0 Å². The number of carbonyl (C=O) groups excluding carboxylic acids is 2. The predicted octanol–water partition coefficient (Wildman–Crippen LogP) is 5.50. The van der Waals surface area contributed by atoms with Crippen LogP contribution in [0.25, 0.3) is 0 Å². The molecule has 1 aliphatic carbocycles. The minimum absolute atomic E-state index is 0.0654. The summed E-state index contributed by atoms with van der Waals surface area (Å²) in [6, 6.07) is 16.0. The van der Waals surface area contributed by atoms with Crippen LogP contribution in [-0.2, 0) is 6.42 Å². The number of aryl methyl sites for hydroxylation is 1. The average molecular weight is 527 g/mol. The van der Waals surface area contributed by atoms with E-state index in [2.05, 4.69) is 22.0 Å². The minimum Gasteiger partial charge on any atom is -0.371 e. The van der Waals surface area contributed by atoms with Gasteiger partial charge < -0.3 is 14.7 Å². The first-order chi connectivity index (χ1) is 18.9. The van der Waals surface area contributed by atoms with E-state index in [9.17, 15) is 14.0 Å². The average Bonchev–Trinajstić information content (AvgIpc) is 3.41. The number of amides is 2. The van der Waals surface area contributed by atoms with Crippen molar-refractivity contribution in [2.45, 2.75) is 44.6 Å². The largest absolute Gasteiger partial charge is 0.371 e. The fourth-order valence-corrected chi connectivity index (χ4v) is 6.74. The van der Waals surface area contributed by atoms with Crippen LogP contribution in [0, 0.1) is 11.2 Å². The van der Waals surface area contributed by atoms with Gasteiger partial charge in [0.25, 0.3) is 11.8 Å². The molecule has 6 nitrogen and oxygen atoms in total. The second kappa shape index (κ2) is 10.4. The molecular weight excluding hydrogens is 491 g/mol. The van der Waals surface area contributed by atoms with Gasteiger partial charge in [-0.15, -0.1) is 0 Å². The smallest absolute Gasteiger partial charge is 0.257 e. The normalized spacial score (nSPS) is 20.1. The van der Waals surface area contributed by atoms with Crippen molar-refractivity contribution in [3.8, 4) is 0 Å². The first-order valence-electron chi connectivity index (χ1n) is 14.0. The van der Waals surface area contributed by atoms with Crippen LogP contribution in [-0.4, -0.2) is 59.8 Å². The molecule has 7 heteroatoms. The Bertz CT molecular complexity index is 1360. The summed E-state index contributed by atoms with van der Waals surface area (Å²) in [4.78, 5) is 36.9. The van der Waals surface area contributed by atoms with Crippen molar-refractivity contribution in [1.29, 1.82) is 0 Å². The lowest BCUT2D eigenvalue weighted by atomic mass is 9.71. The highest BCUT2D eigenvalue weighted by Crippen LogP contribution is 2.43. The molecule has 1 aromatic heterocycles. The van der Waals surface area contributed by atoms with Crippen molar-refractivity contribution in [3.05, 3.63) is 95.1 Å². The second-order valence-corrected chi connectivity index (χ2v) is 11.3. The highest BCUT2D eigenvalue weighted by atomic mass is 19.1. The van der Waals surface area contributed by atoms with Gasteiger partial charge in [-0.05, 0) is 91.5 Å². The standard InChI is InChI=1S/C32H35FN4O2/c1-35(31(39)26-4-2-3-5-28(26)33)29-9-8-23-6-7-24(22-27(23)29)30(38)37-20-14-32(15-21-37)12-18-36(19-13-32)25-10-16-34-17-11-25/h2-7,10-11,16-17,22,29H,8-9,12-15,18-21H2,1H3. The van der Waals surface area contributed by atoms with Crippen LogP contribution in [0.4, 0.5) is 10.1 Å². The molecule has 3 aliphatic rings. The van der Waals surface area contributed by atoms with Crippen LogP contribution >= 0.6 is 0 Å². The zero-order valence-electron chi connectivity index (χ0n) is 22.5. The molecule has 1 unspecified atom stereocenters. The van der Waals surface area contributed by atoms with Gasteiger partial charge in [0.1, 0.15) is 5.82 Å². The number of pyridine rings is 1. The van der Waals surface area contributed by atoms with Gasteiger partial charge in [-0.1, -0.05) is 18.2 Å². The molecule has 3 heterocycles. The molecule has 2 fully saturated rings. The number of benzene rings is 2. The van der Waals surface area contributed by atoms with E-state index in [1.165, 1.54) is 17.8 Å². The number of anilines is 1. The van der Waals surface area contributed by atoms with Gasteiger partial charge in [0.05, 0.1) is 11.6 Å². The van der Waals surface area contributed by atoms with Gasteiger partial charge in [0.2, 0.25) is 0 Å². The lowest BCUT2D eigenvalue weighted by molar-refractivity contribution is 0.0515. The molecule has 0 N–H and O–H groups in total. The van der Waals surface area contributed by atoms with Crippen LogP contribution in [0.3, 0.4) is 0 Å². The molecule has 6 rings (SSSR count). The fourth-order valence-electron chi connectivity index (χ4n) is 6.74. The molecule has 3 aromatic rings. The van der Waals surface area contributed by atoms with Crippen molar-refractivity contribution < 1.29 is 14.0 Å². The number of piperidine rings is 2. The van der Waals surface area contributed by atoms with Crippen LogP contribution in [0.2, 0.25) is 0 Å². The third-order valence-electron chi connectivity index (χ3n) is 9.29. The third-order valence-corrected chi connectivity index (χ3v) is 9.29. The van der Waals surface area contributed by atoms with Gasteiger partial charge in [0.15, 0.2) is 0 Å². The molecule has 202 valence electrons. The van der Waals surface area contributed by atoms with E-state index < -0.39 is 5.82 Å². The molecule has 2 aliphatic heterocycles. The number of aromatic nitrogens is 1. The van der Waals surface area contributed by atoms with E-state index in [0.29, 0.717) is 11.0 Å². The van der Waals surface area contributed by atoms with E-state index in [-0.39, 0.29) is 23.4 Å². The Morgan fingerprint density at radius 2 is 1.64 bits per heavy atom. The summed E-state index contributed by atoms with van der Waals surface area (Å²) < 4.78 is 14.3. The van der Waals surface area contributed by atoms with Crippen molar-refractivity contribution >= 4 is 17.5 Å². The molecule has 39 heavy (non-hydrogen) atoms. The number of fused-ring (bicyclic) bond motifs is 1. The maximum atomic E-state index is 14.3. The van der Waals surface area contributed by atoms with Gasteiger partial charge in [-0.3, -0.25) is 14.6 Å². The summed E-state index contributed by atoms with van der Waals surface area (Å²) in [5, 5.41) is 0. The Balaban J connectivity index is 1.10. The number of hydrogen-bond acceptors (Lipinski definition) is 4. The van der Waals surface area contributed by atoms with Gasteiger partial charge in [0, 0.05) is 56.9 Å². The zero-order valence-corrected chi connectivity index (χ0v) is 22.5. The van der Waals surface area contributed by atoms with Crippen LogP contribution in [0.15, 0.2) is 67.0 Å². The molecular formula is C32H35FN4O2. The molecule has 2 saturated heterocycles. The lowest BCUT2D eigenvalue weighted by Crippen LogP contribution is -2.48. The molecule has 1 spiro atoms. The Kier molecular flexibility index (Phi) is 6.83. The SMILES string of the molecule is CN(C(=O)c1ccccc1F)C1CCc2ccc(C(=O)N3CCC4(CC3)CCN(c3ccncc3)CC4)cc21. The quantitative estimate of drug-likeness (QED) is 0.450. The van der Waals surface area contributed by atoms with E-state index in [1.807, 2.05) is 35.5 Å². The highest BCUT2D eigenvalue weighted by molar-refractivity contribution is 5.96. The lowest BCUT2D eigenvalue weighted by Gasteiger charge is -2.47. The maximum absolute atomic E-state index is 14.3. The van der Waals surface area contributed by atoms with E-state index in [0.717, 1.165) is 75.8 Å². The van der Waals surface area contributed by atoms with E-state index >= 15 is 0 Å². The third kappa shape index (κ3) is 4.90. The van der Waals surface area contributed by atoms with E-state index in [1.54, 1.807) is 24.1 Å². The maximum Gasteiger partial charge on any atom is 0.257 e. The Labute approximate surface area is 229 Å². The van der Waals surface area contributed by atoms with Crippen LogP contribution in [0.5, 0.6) is 0 Å². The van der Waals surface area contributed by atoms with Crippen LogP contribution in [0.1, 0.15) is 70.0 Å². The topological polar surface area (TPSA) is 56.8 Å². The van der Waals surface area contributed by atoms with Gasteiger partial charge in [-0.2, -0.15) is 0 Å². The summed E-state index contributed by atoms with van der Waals surface area (Å²) in [5.41, 5.74) is 4.47. The Hall–Kier alpha value is -3.74. The van der Waals surface area contributed by atoms with Gasteiger partial charge in [-0.25, -0.2) is 4.39 Å². The number of likely N-dealkylation sites (tertiary alicyclic amines) is 1. The number of halogens is 1. The zero-order chi connectivity index (χ0) is 27.0. The second-order valence-electron chi connectivity index (χ2n) is 11.3. The number of hydrogen-bond donors (Lipinski definition) is 0. The summed E-state index contributed by atoms with van der Waals surface area (Å²) in [7, 11) is 1.73. The number of nitrogens with zero attached hydrogens (tertiary/aromatic N) is 4. The van der Waals surface area contributed by atoms with Crippen LogP contribution < -0.4 is 4.90 Å². The van der Waals surface area contributed by atoms with Crippen molar-refractivity contribution in [1.82, 2.24) is 14.8 Å². The molecule has 2 aromatic carbocycles. The first-order valence-corrected chi connectivity index (χ1v) is 14.0. The summed E-state index contributed by atoms with van der Waals surface area (Å²) in [5.74, 6) is -0.781. The number of rotatable bonds is 4. The summed E-state index contributed by atoms with van der Waals surface area (Å²) >= 11 is 0. The predicted molar refractivity (Wildman–Crippen MR) is 149 cm³/mol. The molecule has 1 atom stereocenters. The first kappa shape index (κ1) is 25.5. The molecule has 0 saturated carbocycles. The molecule has 0 radical (unpaired) electrons.